The van der Waals surface area contributed by atoms with Crippen molar-refractivity contribution in [3.63, 3.8) is 0 Å². The second-order valence-corrected chi connectivity index (χ2v) is 3.88. The third kappa shape index (κ3) is 3.64. The van der Waals surface area contributed by atoms with Crippen LogP contribution in [0.1, 0.15) is 6.92 Å². The molecule has 0 amide bonds. The van der Waals surface area contributed by atoms with E-state index in [0.29, 0.717) is 16.1 Å². The lowest BCUT2D eigenvalue weighted by Crippen LogP contribution is -2.13. The first kappa shape index (κ1) is 12.2. The molecule has 0 heterocycles. The largest absolute Gasteiger partial charge is 0.323 e. The van der Waals surface area contributed by atoms with Crippen LogP contribution in [-0.4, -0.2) is 16.8 Å². The van der Waals surface area contributed by atoms with Crippen molar-refractivity contribution in [3.8, 4) is 0 Å². The smallest absolute Gasteiger partial charge is 0.0792 e. The zero-order chi connectivity index (χ0) is 11.3. The fourth-order valence-electron chi connectivity index (χ4n) is 0.953. The van der Waals surface area contributed by atoms with Crippen LogP contribution < -0.4 is 5.84 Å². The van der Waals surface area contributed by atoms with Crippen LogP contribution in [-0.2, 0) is 0 Å². The lowest BCUT2D eigenvalue weighted by Gasteiger charge is -2.01. The Morgan fingerprint density at radius 3 is 2.47 bits per heavy atom. The van der Waals surface area contributed by atoms with Crippen LogP contribution >= 0.6 is 27.5 Å². The summed E-state index contributed by atoms with van der Waals surface area (Å²) in [6.45, 7) is 1.82. The van der Waals surface area contributed by atoms with Crippen LogP contribution in [0.2, 0.25) is 5.02 Å². The molecule has 2 N–H and O–H groups in total. The highest BCUT2D eigenvalue weighted by atomic mass is 79.9. The van der Waals surface area contributed by atoms with Crippen LogP contribution in [0.4, 0.5) is 5.69 Å². The van der Waals surface area contributed by atoms with Crippen molar-refractivity contribution in [2.45, 2.75) is 6.92 Å². The minimum Gasteiger partial charge on any atom is -0.323 e. The number of hydrogen-bond donors (Lipinski definition) is 1. The molecule has 0 saturated heterocycles. The van der Waals surface area contributed by atoms with Crippen molar-refractivity contribution in [1.29, 1.82) is 0 Å². The van der Waals surface area contributed by atoms with E-state index in [1.165, 1.54) is 0 Å². The molecule has 0 saturated carbocycles. The van der Waals surface area contributed by atoms with Gasteiger partial charge in [0.05, 0.1) is 17.1 Å². The predicted molar refractivity (Wildman–Crippen MR) is 69.6 cm³/mol. The van der Waals surface area contributed by atoms with Crippen molar-refractivity contribution < 1.29 is 0 Å². The zero-order valence-corrected chi connectivity index (χ0v) is 10.6. The quantitative estimate of drug-likeness (QED) is 0.395. The van der Waals surface area contributed by atoms with Gasteiger partial charge in [0.1, 0.15) is 0 Å². The van der Waals surface area contributed by atoms with E-state index in [-0.39, 0.29) is 0 Å². The minimum absolute atomic E-state index is 0.613. The molecule has 0 aromatic heterocycles. The molecule has 0 radical (unpaired) electrons. The van der Waals surface area contributed by atoms with Gasteiger partial charge in [-0.1, -0.05) is 27.5 Å². The highest BCUT2D eigenvalue weighted by molar-refractivity contribution is 9.09. The van der Waals surface area contributed by atoms with E-state index >= 15 is 0 Å². The monoisotopic (exact) mass is 287 g/mol. The van der Waals surface area contributed by atoms with E-state index in [4.69, 9.17) is 17.4 Å². The summed E-state index contributed by atoms with van der Waals surface area (Å²) in [6, 6.07) is 7.27. The molecule has 80 valence electrons. The number of hydrazone groups is 1. The fraction of sp³-hybridized carbons (Fsp3) is 0.200. The Balaban J connectivity index is 2.98. The van der Waals surface area contributed by atoms with Crippen LogP contribution in [0.5, 0.6) is 0 Å². The van der Waals surface area contributed by atoms with Crippen LogP contribution in [0.25, 0.3) is 0 Å². The number of benzene rings is 1. The molecule has 5 heteroatoms. The summed E-state index contributed by atoms with van der Waals surface area (Å²) in [5, 5.41) is 4.91. The summed E-state index contributed by atoms with van der Waals surface area (Å²) in [4.78, 5) is 4.39. The van der Waals surface area contributed by atoms with Gasteiger partial charge in [-0.05, 0) is 31.2 Å². The first-order chi connectivity index (χ1) is 7.17. The average Bonchev–Trinajstić information content (AvgIpc) is 2.27. The first-order valence-corrected chi connectivity index (χ1v) is 5.81. The Kier molecular flexibility index (Phi) is 4.78. The average molecular weight is 289 g/mol. The molecule has 0 unspecified atom stereocenters. The number of nitrogens with zero attached hydrogens (tertiary/aromatic N) is 2. The normalized spacial score (nSPS) is 13.0. The Bertz CT molecular complexity index is 384. The zero-order valence-electron chi connectivity index (χ0n) is 8.24. The highest BCUT2D eigenvalue weighted by Gasteiger charge is 2.01. The molecule has 1 aromatic carbocycles. The summed E-state index contributed by atoms with van der Waals surface area (Å²) in [6.07, 6.45) is 0. The maximum atomic E-state index is 5.77. The van der Waals surface area contributed by atoms with Gasteiger partial charge >= 0.3 is 0 Å². The van der Waals surface area contributed by atoms with Crippen molar-refractivity contribution in [2.75, 3.05) is 5.33 Å². The van der Waals surface area contributed by atoms with E-state index in [2.05, 4.69) is 26.0 Å². The van der Waals surface area contributed by atoms with Crippen LogP contribution in [0.15, 0.2) is 34.4 Å². The first-order valence-electron chi connectivity index (χ1n) is 4.31. The Labute approximate surface area is 102 Å². The van der Waals surface area contributed by atoms with Crippen molar-refractivity contribution in [1.82, 2.24) is 0 Å². The van der Waals surface area contributed by atoms with E-state index in [1.54, 1.807) is 12.1 Å². The van der Waals surface area contributed by atoms with Crippen molar-refractivity contribution in [3.05, 3.63) is 29.3 Å². The topological polar surface area (TPSA) is 50.7 Å². The number of hydrogen-bond acceptors (Lipinski definition) is 3. The Morgan fingerprint density at radius 2 is 2.00 bits per heavy atom. The van der Waals surface area contributed by atoms with Crippen molar-refractivity contribution >= 4 is 44.6 Å². The van der Waals surface area contributed by atoms with E-state index in [0.717, 1.165) is 11.4 Å². The molecule has 3 nitrogen and oxygen atoms in total. The Morgan fingerprint density at radius 1 is 1.40 bits per heavy atom. The van der Waals surface area contributed by atoms with E-state index < -0.39 is 0 Å². The second-order valence-electron chi connectivity index (χ2n) is 2.88. The SMILES string of the molecule is C/C(=N/N)C(CBr)=Nc1ccc(Cl)cc1. The number of nitrogens with two attached hydrogens (primary N) is 1. The highest BCUT2D eigenvalue weighted by Crippen LogP contribution is 2.16. The van der Waals surface area contributed by atoms with Gasteiger partial charge in [-0.3, -0.25) is 4.99 Å². The van der Waals surface area contributed by atoms with Gasteiger partial charge in [0.2, 0.25) is 0 Å². The number of halogens is 2. The third-order valence-corrected chi connectivity index (χ3v) is 2.61. The molecule has 0 spiro atoms. The molecule has 0 fully saturated rings. The van der Waals surface area contributed by atoms with E-state index in [1.807, 2.05) is 19.1 Å². The van der Waals surface area contributed by atoms with Gasteiger partial charge in [-0.15, -0.1) is 0 Å². The van der Waals surface area contributed by atoms with Crippen molar-refractivity contribution in [2.24, 2.45) is 15.9 Å². The maximum absolute atomic E-state index is 5.77. The Hall–Kier alpha value is -0.870. The van der Waals surface area contributed by atoms with Gasteiger partial charge in [-0.25, -0.2) is 0 Å². The summed E-state index contributed by atoms with van der Waals surface area (Å²) < 4.78 is 0. The van der Waals surface area contributed by atoms with Crippen LogP contribution in [0.3, 0.4) is 0 Å². The molecule has 15 heavy (non-hydrogen) atoms. The van der Waals surface area contributed by atoms with Gasteiger partial charge in [-0.2, -0.15) is 5.10 Å². The summed E-state index contributed by atoms with van der Waals surface area (Å²) >= 11 is 9.11. The number of aliphatic imine (C=N–C) groups is 1. The molecule has 0 aliphatic carbocycles. The molecule has 0 bridgehead atoms. The molecular weight excluding hydrogens is 277 g/mol. The molecule has 1 aromatic rings. The summed E-state index contributed by atoms with van der Waals surface area (Å²) in [5.41, 5.74) is 2.35. The fourth-order valence-corrected chi connectivity index (χ4v) is 1.61. The molecule has 0 aliphatic rings. The summed E-state index contributed by atoms with van der Waals surface area (Å²) in [7, 11) is 0. The lowest BCUT2D eigenvalue weighted by molar-refractivity contribution is 1.25. The van der Waals surface area contributed by atoms with Gasteiger partial charge in [0.25, 0.3) is 0 Å². The molecule has 0 atom stereocenters. The van der Waals surface area contributed by atoms with Gasteiger partial charge in [0.15, 0.2) is 0 Å². The van der Waals surface area contributed by atoms with Gasteiger partial charge < -0.3 is 5.84 Å². The minimum atomic E-state index is 0.613. The van der Waals surface area contributed by atoms with Crippen LogP contribution in [0, 0.1) is 0 Å². The molecule has 0 aliphatic heterocycles. The third-order valence-electron chi connectivity index (χ3n) is 1.83. The number of alkyl halides is 1. The number of rotatable bonds is 3. The summed E-state index contributed by atoms with van der Waals surface area (Å²) in [5.74, 6) is 5.19. The van der Waals surface area contributed by atoms with Gasteiger partial charge in [0, 0.05) is 10.4 Å². The lowest BCUT2D eigenvalue weighted by atomic mass is 10.2. The second kappa shape index (κ2) is 5.88. The van der Waals surface area contributed by atoms with E-state index in [9.17, 15) is 0 Å². The standard InChI is InChI=1S/C10H11BrClN3/c1-7(15-13)10(6-11)14-9-4-2-8(12)3-5-9/h2-5H,6,13H2,1H3/b14-10?,15-7-. The predicted octanol–water partition coefficient (Wildman–Crippen LogP) is 3.14. The molecular formula is C10H11BrClN3. The molecule has 1 rings (SSSR count). The maximum Gasteiger partial charge on any atom is 0.0792 e.